The third-order valence-electron chi connectivity index (χ3n) is 3.26. The van der Waals surface area contributed by atoms with E-state index in [2.05, 4.69) is 10.6 Å². The Labute approximate surface area is 104 Å². The molecule has 0 aromatic carbocycles. The lowest BCUT2D eigenvalue weighted by molar-refractivity contribution is -0.124. The van der Waals surface area contributed by atoms with Crippen molar-refractivity contribution in [3.8, 4) is 0 Å². The van der Waals surface area contributed by atoms with Crippen molar-refractivity contribution in [1.29, 1.82) is 0 Å². The van der Waals surface area contributed by atoms with Crippen LogP contribution in [0.5, 0.6) is 0 Å². The Hall–Kier alpha value is -0.610. The van der Waals surface area contributed by atoms with E-state index < -0.39 is 0 Å². The van der Waals surface area contributed by atoms with Crippen LogP contribution in [0.4, 0.5) is 0 Å². The van der Waals surface area contributed by atoms with E-state index in [4.69, 9.17) is 4.74 Å². The summed E-state index contributed by atoms with van der Waals surface area (Å²) in [6.07, 6.45) is 6.72. The third-order valence-corrected chi connectivity index (χ3v) is 3.26. The molecule has 1 atom stereocenters. The summed E-state index contributed by atoms with van der Waals surface area (Å²) in [4.78, 5) is 11.6. The lowest BCUT2D eigenvalue weighted by Crippen LogP contribution is -2.36. The van der Waals surface area contributed by atoms with Crippen molar-refractivity contribution in [3.63, 3.8) is 0 Å². The van der Waals surface area contributed by atoms with E-state index in [1.54, 1.807) is 0 Å². The minimum atomic E-state index is 0.0229. The summed E-state index contributed by atoms with van der Waals surface area (Å²) in [7, 11) is 1.86. The average Bonchev–Trinajstić information content (AvgIpc) is 2.36. The van der Waals surface area contributed by atoms with Crippen LogP contribution in [0.25, 0.3) is 0 Å². The molecule has 1 aliphatic carbocycles. The summed E-state index contributed by atoms with van der Waals surface area (Å²) >= 11 is 0. The van der Waals surface area contributed by atoms with Crippen LogP contribution in [0.1, 0.15) is 39.0 Å². The van der Waals surface area contributed by atoms with Crippen LogP contribution in [-0.4, -0.2) is 38.8 Å². The molecule has 2 N–H and O–H groups in total. The molecule has 0 saturated heterocycles. The highest BCUT2D eigenvalue weighted by Gasteiger charge is 2.14. The minimum Gasteiger partial charge on any atom is -0.376 e. The zero-order valence-electron chi connectivity index (χ0n) is 11.1. The van der Waals surface area contributed by atoms with E-state index in [-0.39, 0.29) is 11.8 Å². The van der Waals surface area contributed by atoms with Gasteiger partial charge in [-0.1, -0.05) is 26.2 Å². The van der Waals surface area contributed by atoms with Gasteiger partial charge in [0.1, 0.15) is 0 Å². The third kappa shape index (κ3) is 6.03. The molecule has 1 saturated carbocycles. The molecule has 0 aliphatic heterocycles. The van der Waals surface area contributed by atoms with Crippen LogP contribution in [0.15, 0.2) is 0 Å². The lowest BCUT2D eigenvalue weighted by atomic mass is 9.98. The summed E-state index contributed by atoms with van der Waals surface area (Å²) in [5.41, 5.74) is 0. The normalized spacial score (nSPS) is 18.9. The quantitative estimate of drug-likeness (QED) is 0.662. The number of hydrogen-bond donors (Lipinski definition) is 2. The Morgan fingerprint density at radius 2 is 2.06 bits per heavy atom. The van der Waals surface area contributed by atoms with Crippen LogP contribution in [0.2, 0.25) is 0 Å². The lowest BCUT2D eigenvalue weighted by Gasteiger charge is -2.22. The molecule has 17 heavy (non-hydrogen) atoms. The van der Waals surface area contributed by atoms with E-state index >= 15 is 0 Å². The fraction of sp³-hybridized carbons (Fsp3) is 0.923. The van der Waals surface area contributed by atoms with Gasteiger partial charge in [0.05, 0.1) is 12.7 Å². The first-order chi connectivity index (χ1) is 8.24. The number of rotatable bonds is 7. The van der Waals surface area contributed by atoms with Crippen molar-refractivity contribution in [2.24, 2.45) is 5.92 Å². The molecular weight excluding hydrogens is 216 g/mol. The smallest absolute Gasteiger partial charge is 0.224 e. The first-order valence-electron chi connectivity index (χ1n) is 6.78. The zero-order valence-corrected chi connectivity index (χ0v) is 11.1. The van der Waals surface area contributed by atoms with Gasteiger partial charge < -0.3 is 15.4 Å². The first-order valence-corrected chi connectivity index (χ1v) is 6.78. The predicted molar refractivity (Wildman–Crippen MR) is 68.9 cm³/mol. The van der Waals surface area contributed by atoms with Crippen LogP contribution in [0.3, 0.4) is 0 Å². The molecule has 100 valence electrons. The molecular formula is C13H26N2O2. The average molecular weight is 242 g/mol. The van der Waals surface area contributed by atoms with Crippen molar-refractivity contribution < 1.29 is 9.53 Å². The van der Waals surface area contributed by atoms with Gasteiger partial charge in [-0.25, -0.2) is 0 Å². The Morgan fingerprint density at radius 3 is 2.71 bits per heavy atom. The highest BCUT2D eigenvalue weighted by Crippen LogP contribution is 2.19. The molecule has 4 nitrogen and oxygen atoms in total. The van der Waals surface area contributed by atoms with Crippen LogP contribution in [-0.2, 0) is 9.53 Å². The molecule has 0 spiro atoms. The number of carbonyl (C=O) groups is 1. The van der Waals surface area contributed by atoms with E-state index in [1.807, 2.05) is 14.0 Å². The number of ether oxygens (including phenoxy) is 1. The minimum absolute atomic E-state index is 0.0229. The first kappa shape index (κ1) is 14.5. The van der Waals surface area contributed by atoms with Gasteiger partial charge in [-0.15, -0.1) is 0 Å². The SMILES string of the molecule is CNCC(C)C(=O)NCCOC1CCCCC1. The zero-order chi connectivity index (χ0) is 12.5. The van der Waals surface area contributed by atoms with E-state index in [0.717, 1.165) is 6.54 Å². The summed E-state index contributed by atoms with van der Waals surface area (Å²) in [6.45, 7) is 3.91. The van der Waals surface area contributed by atoms with E-state index in [1.165, 1.54) is 32.1 Å². The highest BCUT2D eigenvalue weighted by atomic mass is 16.5. The largest absolute Gasteiger partial charge is 0.376 e. The summed E-state index contributed by atoms with van der Waals surface area (Å²) < 4.78 is 5.74. The van der Waals surface area contributed by atoms with Crippen molar-refractivity contribution in [2.45, 2.75) is 45.1 Å². The number of nitrogens with one attached hydrogen (secondary N) is 2. The fourth-order valence-corrected chi connectivity index (χ4v) is 2.20. The molecule has 4 heteroatoms. The fourth-order valence-electron chi connectivity index (χ4n) is 2.20. The molecule has 0 aromatic rings. The van der Waals surface area contributed by atoms with E-state index in [9.17, 15) is 4.79 Å². The van der Waals surface area contributed by atoms with Gasteiger partial charge in [-0.05, 0) is 19.9 Å². The number of hydrogen-bond acceptors (Lipinski definition) is 3. The second kappa shape index (κ2) is 8.48. The van der Waals surface area contributed by atoms with Gasteiger partial charge in [0.25, 0.3) is 0 Å². The van der Waals surface area contributed by atoms with Crippen LogP contribution in [0, 0.1) is 5.92 Å². The molecule has 1 rings (SSSR count). The Balaban J connectivity index is 2.01. The molecule has 0 bridgehead atoms. The summed E-state index contributed by atoms with van der Waals surface area (Å²) in [5, 5.41) is 5.90. The molecule has 1 aliphatic rings. The van der Waals surface area contributed by atoms with Crippen molar-refractivity contribution in [2.75, 3.05) is 26.7 Å². The van der Waals surface area contributed by atoms with Crippen molar-refractivity contribution in [1.82, 2.24) is 10.6 Å². The van der Waals surface area contributed by atoms with Gasteiger partial charge in [0.15, 0.2) is 0 Å². The molecule has 1 unspecified atom stereocenters. The number of carbonyl (C=O) groups excluding carboxylic acids is 1. The second-order valence-electron chi connectivity index (χ2n) is 4.88. The van der Waals surface area contributed by atoms with Crippen molar-refractivity contribution in [3.05, 3.63) is 0 Å². The molecule has 0 heterocycles. The Kier molecular flexibility index (Phi) is 7.21. The maximum absolute atomic E-state index is 11.6. The van der Waals surface area contributed by atoms with Crippen LogP contribution < -0.4 is 10.6 Å². The summed E-state index contributed by atoms with van der Waals surface area (Å²) in [6, 6.07) is 0. The summed E-state index contributed by atoms with van der Waals surface area (Å²) in [5.74, 6) is 0.126. The molecule has 1 fully saturated rings. The molecule has 1 amide bonds. The van der Waals surface area contributed by atoms with Crippen LogP contribution >= 0.6 is 0 Å². The Morgan fingerprint density at radius 1 is 1.35 bits per heavy atom. The highest BCUT2D eigenvalue weighted by molar-refractivity contribution is 5.78. The van der Waals surface area contributed by atoms with Crippen molar-refractivity contribution >= 4 is 5.91 Å². The van der Waals surface area contributed by atoms with Gasteiger partial charge in [-0.3, -0.25) is 4.79 Å². The van der Waals surface area contributed by atoms with Gasteiger partial charge >= 0.3 is 0 Å². The standard InChI is InChI=1S/C13H26N2O2/c1-11(10-14-2)13(16)15-8-9-17-12-6-4-3-5-7-12/h11-12,14H,3-10H2,1-2H3,(H,15,16). The monoisotopic (exact) mass is 242 g/mol. The topological polar surface area (TPSA) is 50.4 Å². The van der Waals surface area contributed by atoms with E-state index in [0.29, 0.717) is 19.3 Å². The second-order valence-corrected chi connectivity index (χ2v) is 4.88. The maximum Gasteiger partial charge on any atom is 0.224 e. The van der Waals surface area contributed by atoms with Gasteiger partial charge in [-0.2, -0.15) is 0 Å². The maximum atomic E-state index is 11.6. The molecule has 0 radical (unpaired) electrons. The predicted octanol–water partition coefficient (Wildman–Crippen LogP) is 1.31. The Bertz CT molecular complexity index is 215. The molecule has 0 aromatic heterocycles. The number of amides is 1. The van der Waals surface area contributed by atoms with Gasteiger partial charge in [0, 0.05) is 19.0 Å². The van der Waals surface area contributed by atoms with Gasteiger partial charge in [0.2, 0.25) is 5.91 Å².